The van der Waals surface area contributed by atoms with Gasteiger partial charge in [-0.1, -0.05) is 23.7 Å². The molecule has 106 valence electrons. The Balaban J connectivity index is 2.20. The maximum absolute atomic E-state index is 13.3. The van der Waals surface area contributed by atoms with E-state index in [1.54, 1.807) is 13.0 Å². The lowest BCUT2D eigenvalue weighted by molar-refractivity contribution is 0.299. The first-order valence-corrected chi connectivity index (χ1v) is 6.47. The summed E-state index contributed by atoms with van der Waals surface area (Å²) in [6.07, 6.45) is 0. The van der Waals surface area contributed by atoms with Gasteiger partial charge in [0.15, 0.2) is 0 Å². The second kappa shape index (κ2) is 6.20. The van der Waals surface area contributed by atoms with Crippen LogP contribution in [0.4, 0.5) is 8.78 Å². The van der Waals surface area contributed by atoms with Crippen molar-refractivity contribution in [3.8, 4) is 5.75 Å². The highest BCUT2D eigenvalue weighted by atomic mass is 35.5. The number of nitrogens with two attached hydrogens (primary N) is 1. The summed E-state index contributed by atoms with van der Waals surface area (Å²) in [7, 11) is 0. The normalized spacial score (nSPS) is 12.2. The van der Waals surface area contributed by atoms with Crippen molar-refractivity contribution in [3.63, 3.8) is 0 Å². The van der Waals surface area contributed by atoms with Crippen molar-refractivity contribution in [2.45, 2.75) is 19.6 Å². The Bertz CT molecular complexity index is 617. The molecule has 5 heteroatoms. The molecule has 2 nitrogen and oxygen atoms in total. The Hall–Kier alpha value is -1.65. The van der Waals surface area contributed by atoms with Crippen LogP contribution in [-0.2, 0) is 6.61 Å². The van der Waals surface area contributed by atoms with Crippen molar-refractivity contribution < 1.29 is 13.5 Å². The van der Waals surface area contributed by atoms with E-state index in [1.165, 1.54) is 30.3 Å². The lowest BCUT2D eigenvalue weighted by atomic mass is 10.1. The second-order valence-electron chi connectivity index (χ2n) is 4.50. The third kappa shape index (κ3) is 3.46. The molecule has 0 amide bonds. The Morgan fingerprint density at radius 2 is 1.80 bits per heavy atom. The number of hydrogen-bond donors (Lipinski definition) is 1. The molecule has 0 spiro atoms. The first-order valence-electron chi connectivity index (χ1n) is 6.09. The van der Waals surface area contributed by atoms with Crippen LogP contribution in [0.1, 0.15) is 24.1 Å². The lowest BCUT2D eigenvalue weighted by Crippen LogP contribution is -2.08. The summed E-state index contributed by atoms with van der Waals surface area (Å²) >= 11 is 5.91. The third-order valence-corrected chi connectivity index (χ3v) is 3.22. The van der Waals surface area contributed by atoms with Crippen molar-refractivity contribution in [3.05, 3.63) is 64.2 Å². The van der Waals surface area contributed by atoms with Crippen LogP contribution >= 0.6 is 11.6 Å². The van der Waals surface area contributed by atoms with E-state index in [0.717, 1.165) is 0 Å². The summed E-state index contributed by atoms with van der Waals surface area (Å²) in [5.74, 6) is -0.462. The predicted molar refractivity (Wildman–Crippen MR) is 74.7 cm³/mol. The average molecular weight is 298 g/mol. The summed E-state index contributed by atoms with van der Waals surface area (Å²) in [5, 5.41) is 0.267. The van der Waals surface area contributed by atoms with Gasteiger partial charge in [-0.05, 0) is 25.1 Å². The average Bonchev–Trinajstić information content (AvgIpc) is 2.37. The Labute approximate surface area is 121 Å². The number of benzene rings is 2. The van der Waals surface area contributed by atoms with E-state index in [2.05, 4.69) is 0 Å². The topological polar surface area (TPSA) is 35.2 Å². The van der Waals surface area contributed by atoms with Gasteiger partial charge in [-0.2, -0.15) is 0 Å². The molecule has 2 rings (SSSR count). The van der Waals surface area contributed by atoms with Crippen molar-refractivity contribution in [2.75, 3.05) is 0 Å². The SMILES string of the molecule is CC(N)c1ccc(F)cc1OCc1ccc(F)cc1Cl. The van der Waals surface area contributed by atoms with E-state index >= 15 is 0 Å². The second-order valence-corrected chi connectivity index (χ2v) is 4.90. The molecule has 0 heterocycles. The van der Waals surface area contributed by atoms with Gasteiger partial charge in [0, 0.05) is 23.2 Å². The minimum atomic E-state index is -0.416. The van der Waals surface area contributed by atoms with Gasteiger partial charge in [-0.15, -0.1) is 0 Å². The quantitative estimate of drug-likeness (QED) is 0.917. The fourth-order valence-electron chi connectivity index (χ4n) is 1.80. The fraction of sp³-hybridized carbons (Fsp3) is 0.200. The van der Waals surface area contributed by atoms with Gasteiger partial charge in [0.25, 0.3) is 0 Å². The number of halogens is 3. The predicted octanol–water partition coefficient (Wildman–Crippen LogP) is 4.22. The molecule has 0 bridgehead atoms. The number of rotatable bonds is 4. The van der Waals surface area contributed by atoms with Crippen LogP contribution in [0.3, 0.4) is 0 Å². The maximum Gasteiger partial charge on any atom is 0.127 e. The molecule has 0 saturated heterocycles. The summed E-state index contributed by atoms with van der Waals surface area (Å²) in [6.45, 7) is 1.90. The van der Waals surface area contributed by atoms with Gasteiger partial charge in [0.2, 0.25) is 0 Å². The zero-order valence-electron chi connectivity index (χ0n) is 10.9. The molecule has 1 unspecified atom stereocenters. The molecule has 0 aliphatic rings. The first kappa shape index (κ1) is 14.8. The number of hydrogen-bond acceptors (Lipinski definition) is 2. The smallest absolute Gasteiger partial charge is 0.127 e. The van der Waals surface area contributed by atoms with E-state index in [0.29, 0.717) is 16.9 Å². The Morgan fingerprint density at radius 1 is 1.15 bits per heavy atom. The van der Waals surface area contributed by atoms with Crippen LogP contribution in [0.5, 0.6) is 5.75 Å². The molecule has 0 fully saturated rings. The van der Waals surface area contributed by atoms with Gasteiger partial charge >= 0.3 is 0 Å². The molecule has 1 atom stereocenters. The molecule has 0 saturated carbocycles. The van der Waals surface area contributed by atoms with Gasteiger partial charge in [0.1, 0.15) is 24.0 Å². The fourth-order valence-corrected chi connectivity index (χ4v) is 2.03. The van der Waals surface area contributed by atoms with E-state index in [-0.39, 0.29) is 17.7 Å². The summed E-state index contributed by atoms with van der Waals surface area (Å²) < 4.78 is 31.8. The van der Waals surface area contributed by atoms with Crippen LogP contribution in [0.2, 0.25) is 5.02 Å². The zero-order chi connectivity index (χ0) is 14.7. The lowest BCUT2D eigenvalue weighted by Gasteiger charge is -2.14. The van der Waals surface area contributed by atoms with Crippen molar-refractivity contribution in [1.82, 2.24) is 0 Å². The molecule has 0 aliphatic heterocycles. The van der Waals surface area contributed by atoms with Gasteiger partial charge < -0.3 is 10.5 Å². The zero-order valence-corrected chi connectivity index (χ0v) is 11.6. The van der Waals surface area contributed by atoms with Gasteiger partial charge in [-0.25, -0.2) is 8.78 Å². The van der Waals surface area contributed by atoms with Crippen LogP contribution in [-0.4, -0.2) is 0 Å². The molecule has 20 heavy (non-hydrogen) atoms. The molecule has 2 N–H and O–H groups in total. The highest BCUT2D eigenvalue weighted by Gasteiger charge is 2.11. The van der Waals surface area contributed by atoms with Crippen molar-refractivity contribution >= 4 is 11.6 Å². The van der Waals surface area contributed by atoms with Crippen molar-refractivity contribution in [2.24, 2.45) is 5.73 Å². The molecule has 0 aliphatic carbocycles. The molecule has 2 aromatic carbocycles. The van der Waals surface area contributed by atoms with E-state index in [1.807, 2.05) is 0 Å². The Morgan fingerprint density at radius 3 is 2.45 bits per heavy atom. The summed E-state index contributed by atoms with van der Waals surface area (Å²) in [5.41, 5.74) is 7.12. The van der Waals surface area contributed by atoms with E-state index < -0.39 is 11.6 Å². The highest BCUT2D eigenvalue weighted by molar-refractivity contribution is 6.31. The monoisotopic (exact) mass is 297 g/mol. The maximum atomic E-state index is 13.3. The van der Waals surface area contributed by atoms with Crippen LogP contribution in [0.15, 0.2) is 36.4 Å². The molecule has 0 radical (unpaired) electrons. The summed E-state index contributed by atoms with van der Waals surface area (Å²) in [4.78, 5) is 0. The largest absolute Gasteiger partial charge is 0.488 e. The van der Waals surface area contributed by atoms with Gasteiger partial charge in [-0.3, -0.25) is 0 Å². The minimum absolute atomic E-state index is 0.113. The van der Waals surface area contributed by atoms with Gasteiger partial charge in [0.05, 0.1) is 5.02 Å². The highest BCUT2D eigenvalue weighted by Crippen LogP contribution is 2.27. The minimum Gasteiger partial charge on any atom is -0.488 e. The first-order chi connectivity index (χ1) is 9.47. The third-order valence-electron chi connectivity index (χ3n) is 2.86. The van der Waals surface area contributed by atoms with Crippen LogP contribution in [0, 0.1) is 11.6 Å². The van der Waals surface area contributed by atoms with Crippen molar-refractivity contribution in [1.29, 1.82) is 0 Å². The Kier molecular flexibility index (Phi) is 4.57. The molecular formula is C15H14ClF2NO. The van der Waals surface area contributed by atoms with E-state index in [4.69, 9.17) is 22.1 Å². The number of ether oxygens (including phenoxy) is 1. The molecule has 0 aromatic heterocycles. The van der Waals surface area contributed by atoms with Crippen LogP contribution in [0.25, 0.3) is 0 Å². The molecule has 2 aromatic rings. The van der Waals surface area contributed by atoms with Crippen LogP contribution < -0.4 is 10.5 Å². The summed E-state index contributed by atoms with van der Waals surface area (Å²) in [6, 6.07) is 7.94. The van der Waals surface area contributed by atoms with E-state index in [9.17, 15) is 8.78 Å². The standard InChI is InChI=1S/C15H14ClF2NO/c1-9(19)13-5-4-12(18)7-15(13)20-8-10-2-3-11(17)6-14(10)16/h2-7,9H,8,19H2,1H3. The molecular weight excluding hydrogens is 284 g/mol.